The molecule has 2 nitrogen and oxygen atoms in total. The number of nitrogens with zero attached hydrogens (tertiary/aromatic N) is 2. The molecule has 0 amide bonds. The van der Waals surface area contributed by atoms with Gasteiger partial charge >= 0.3 is 0 Å². The smallest absolute Gasteiger partial charge is 0.0991 e. The highest BCUT2D eigenvalue weighted by Crippen LogP contribution is 2.48. The quantitative estimate of drug-likeness (QED) is 0.216. The summed E-state index contributed by atoms with van der Waals surface area (Å²) in [7, 11) is 0. The van der Waals surface area contributed by atoms with Crippen LogP contribution in [0.25, 0.3) is 21.5 Å². The van der Waals surface area contributed by atoms with Gasteiger partial charge in [0.2, 0.25) is 0 Å². The van der Waals surface area contributed by atoms with Crippen LogP contribution in [0.5, 0.6) is 0 Å². The van der Waals surface area contributed by atoms with Crippen LogP contribution in [0.1, 0.15) is 0 Å². The molecule has 7 rings (SSSR count). The van der Waals surface area contributed by atoms with Crippen LogP contribution in [0, 0.1) is 0 Å². The zero-order valence-electron chi connectivity index (χ0n) is 16.4. The zero-order valence-corrected chi connectivity index (χ0v) is 19.5. The number of halogens is 2. The first kappa shape index (κ1) is 19.0. The lowest BCUT2D eigenvalue weighted by molar-refractivity contribution is 1.08. The van der Waals surface area contributed by atoms with Crippen molar-refractivity contribution < 1.29 is 0 Å². The summed E-state index contributed by atoms with van der Waals surface area (Å²) in [5, 5.41) is 7.37. The largest absolute Gasteiger partial charge is 0.245 e. The first-order chi connectivity index (χ1) is 15.7. The van der Waals surface area contributed by atoms with Crippen molar-refractivity contribution in [1.29, 1.82) is 0 Å². The third-order valence-corrected chi connectivity index (χ3v) is 9.26. The Morgan fingerprint density at radius 2 is 0.938 bits per heavy atom. The Bertz CT molecular complexity index is 1630. The van der Waals surface area contributed by atoms with Crippen molar-refractivity contribution in [2.24, 2.45) is 9.98 Å². The topological polar surface area (TPSA) is 24.7 Å². The van der Waals surface area contributed by atoms with Gasteiger partial charge < -0.3 is 0 Å². The van der Waals surface area contributed by atoms with E-state index >= 15 is 0 Å². The molecule has 0 unspecified atom stereocenters. The van der Waals surface area contributed by atoms with Crippen molar-refractivity contribution in [3.8, 4) is 0 Å². The van der Waals surface area contributed by atoms with Crippen molar-refractivity contribution in [1.82, 2.24) is 0 Å². The zero-order chi connectivity index (χ0) is 21.4. The van der Waals surface area contributed by atoms with Crippen LogP contribution in [0.2, 0.25) is 10.0 Å². The maximum atomic E-state index is 6.97. The number of hydrogen-bond acceptors (Lipinski definition) is 4. The van der Waals surface area contributed by atoms with Gasteiger partial charge in [0.05, 0.1) is 41.9 Å². The predicted molar refractivity (Wildman–Crippen MR) is 134 cm³/mol. The molecule has 0 radical (unpaired) electrons. The van der Waals surface area contributed by atoms with Crippen molar-refractivity contribution in [2.45, 2.75) is 19.6 Å². The molecule has 2 heterocycles. The lowest BCUT2D eigenvalue weighted by Crippen LogP contribution is -2.22. The Morgan fingerprint density at radius 1 is 0.500 bits per heavy atom. The van der Waals surface area contributed by atoms with E-state index in [1.54, 1.807) is 23.5 Å². The monoisotopic (exact) mass is 486 g/mol. The fourth-order valence-electron chi connectivity index (χ4n) is 4.31. The van der Waals surface area contributed by atoms with Crippen LogP contribution in [0.15, 0.2) is 102 Å². The van der Waals surface area contributed by atoms with Gasteiger partial charge in [-0.15, -0.1) is 0 Å². The molecule has 0 aromatic heterocycles. The van der Waals surface area contributed by atoms with Crippen LogP contribution < -0.4 is 10.7 Å². The van der Waals surface area contributed by atoms with Gasteiger partial charge in [-0.1, -0.05) is 107 Å². The first-order valence-electron chi connectivity index (χ1n) is 10.1. The van der Waals surface area contributed by atoms with E-state index < -0.39 is 0 Å². The third kappa shape index (κ3) is 2.64. The normalized spacial score (nSPS) is 13.6. The van der Waals surface area contributed by atoms with E-state index in [1.807, 2.05) is 24.3 Å². The van der Waals surface area contributed by atoms with Crippen molar-refractivity contribution >= 4 is 79.6 Å². The predicted octanol–water partition coefficient (Wildman–Crippen LogP) is 8.13. The molecule has 2 aliphatic heterocycles. The van der Waals surface area contributed by atoms with Gasteiger partial charge in [0, 0.05) is 9.79 Å². The van der Waals surface area contributed by atoms with Crippen molar-refractivity contribution in [2.75, 3.05) is 0 Å². The van der Waals surface area contributed by atoms with E-state index in [1.165, 1.54) is 10.8 Å². The van der Waals surface area contributed by atoms with E-state index in [0.717, 1.165) is 52.4 Å². The highest BCUT2D eigenvalue weighted by molar-refractivity contribution is 8.00. The first-order valence-corrected chi connectivity index (χ1v) is 12.5. The summed E-state index contributed by atoms with van der Waals surface area (Å²) in [6, 6.07) is 25.0. The maximum absolute atomic E-state index is 6.97. The molecular weight excluding hydrogens is 475 g/mol. The third-order valence-electron chi connectivity index (χ3n) is 5.84. The summed E-state index contributed by atoms with van der Waals surface area (Å²) in [5.41, 5.74) is 1.84. The fraction of sp³-hybridized carbons (Fsp3) is 0. The Kier molecular flexibility index (Phi) is 4.16. The van der Waals surface area contributed by atoms with E-state index in [-0.39, 0.29) is 0 Å². The van der Waals surface area contributed by atoms with Gasteiger partial charge in [-0.25, -0.2) is 9.98 Å². The molecule has 0 spiro atoms. The summed E-state index contributed by atoms with van der Waals surface area (Å²) >= 11 is 17.2. The van der Waals surface area contributed by atoms with Crippen LogP contribution in [0.4, 0.5) is 11.4 Å². The highest BCUT2D eigenvalue weighted by Gasteiger charge is 2.26. The molecule has 152 valence electrons. The Balaban J connectivity index is 1.53. The lowest BCUT2D eigenvalue weighted by atomic mass is 10.1. The van der Waals surface area contributed by atoms with Gasteiger partial charge in [0.15, 0.2) is 0 Å². The molecule has 6 heteroatoms. The Morgan fingerprint density at radius 3 is 1.41 bits per heavy atom. The second kappa shape index (κ2) is 7.00. The fourth-order valence-corrected chi connectivity index (χ4v) is 7.40. The van der Waals surface area contributed by atoms with E-state index in [0.29, 0.717) is 10.0 Å². The SMILES string of the molecule is Clc1c2c(c(Cl)c3c1=Nc1ccc4ccccc4c1S3)=Nc1ccc3ccccc3c1S2. The Labute approximate surface area is 202 Å². The molecule has 32 heavy (non-hydrogen) atoms. The summed E-state index contributed by atoms with van der Waals surface area (Å²) < 4.78 is 0. The molecule has 0 fully saturated rings. The molecule has 0 saturated carbocycles. The molecule has 5 aromatic carbocycles. The number of rotatable bonds is 0. The molecule has 0 atom stereocenters. The molecule has 0 aliphatic carbocycles. The number of benzene rings is 5. The van der Waals surface area contributed by atoms with Crippen molar-refractivity contribution in [3.63, 3.8) is 0 Å². The average molecular weight is 487 g/mol. The van der Waals surface area contributed by atoms with E-state index in [9.17, 15) is 0 Å². The van der Waals surface area contributed by atoms with Gasteiger partial charge in [0.1, 0.15) is 0 Å². The number of fused-ring (bicyclic) bond motifs is 8. The van der Waals surface area contributed by atoms with Crippen molar-refractivity contribution in [3.05, 3.63) is 93.6 Å². The summed E-state index contributed by atoms with van der Waals surface area (Å²) in [6.07, 6.45) is 0. The Hall–Kier alpha value is -2.50. The van der Waals surface area contributed by atoms with E-state index in [4.69, 9.17) is 33.2 Å². The minimum Gasteiger partial charge on any atom is -0.245 e. The van der Waals surface area contributed by atoms with Crippen LogP contribution in [-0.4, -0.2) is 0 Å². The van der Waals surface area contributed by atoms with Gasteiger partial charge in [-0.3, -0.25) is 0 Å². The maximum Gasteiger partial charge on any atom is 0.0991 e. The summed E-state index contributed by atoms with van der Waals surface area (Å²) in [6.45, 7) is 0. The van der Waals surface area contributed by atoms with E-state index in [2.05, 4.69) is 48.5 Å². The number of hydrogen-bond donors (Lipinski definition) is 0. The second-order valence-corrected chi connectivity index (χ2v) is 10.5. The summed E-state index contributed by atoms with van der Waals surface area (Å²) in [5.74, 6) is 0. The molecule has 0 saturated heterocycles. The van der Waals surface area contributed by atoms with Crippen LogP contribution >= 0.6 is 46.7 Å². The minimum absolute atomic E-state index is 0.609. The molecule has 2 aliphatic rings. The average Bonchev–Trinajstić information content (AvgIpc) is 2.85. The highest BCUT2D eigenvalue weighted by atomic mass is 35.5. The second-order valence-electron chi connectivity index (χ2n) is 7.68. The molecular formula is C26H12Cl2N2S2. The molecule has 0 N–H and O–H groups in total. The van der Waals surface area contributed by atoms with Crippen LogP contribution in [-0.2, 0) is 0 Å². The molecule has 0 bridgehead atoms. The van der Waals surface area contributed by atoms with Gasteiger partial charge in [0.25, 0.3) is 0 Å². The van der Waals surface area contributed by atoms with Crippen LogP contribution in [0.3, 0.4) is 0 Å². The minimum atomic E-state index is 0.609. The lowest BCUT2D eigenvalue weighted by Gasteiger charge is -2.21. The summed E-state index contributed by atoms with van der Waals surface area (Å²) in [4.78, 5) is 13.8. The standard InChI is InChI=1S/C26H12Cl2N2S2/c27-19-22-26(32-24-16-8-4-2-6-14(16)10-12-18(24)30-22)20(28)21-25(19)31-23-15-7-3-1-5-13(15)9-11-17(23)29-21/h1-12H. The molecule has 5 aromatic rings. The van der Waals surface area contributed by atoms with Gasteiger partial charge in [-0.2, -0.15) is 0 Å². The van der Waals surface area contributed by atoms with Gasteiger partial charge in [-0.05, 0) is 33.7 Å².